The van der Waals surface area contributed by atoms with Gasteiger partial charge >= 0.3 is 6.18 Å². The SMILES string of the molecule is CN(CCO)c1ncc(C(F)(F)F)s1. The zero-order valence-corrected chi connectivity index (χ0v) is 8.19. The number of likely N-dealkylation sites (N-methyl/N-ethyl adjacent to an activating group) is 1. The number of aromatic nitrogens is 1. The Morgan fingerprint density at radius 3 is 2.64 bits per heavy atom. The third kappa shape index (κ3) is 2.58. The quantitative estimate of drug-likeness (QED) is 0.850. The van der Waals surface area contributed by atoms with E-state index in [2.05, 4.69) is 4.98 Å². The Balaban J connectivity index is 2.78. The summed E-state index contributed by atoms with van der Waals surface area (Å²) in [5.41, 5.74) is 0. The largest absolute Gasteiger partial charge is 0.427 e. The maximum absolute atomic E-state index is 12.2. The van der Waals surface area contributed by atoms with E-state index in [1.807, 2.05) is 0 Å². The summed E-state index contributed by atoms with van der Waals surface area (Å²) in [4.78, 5) is 4.36. The van der Waals surface area contributed by atoms with Crippen molar-refractivity contribution in [1.29, 1.82) is 0 Å². The fourth-order valence-corrected chi connectivity index (χ4v) is 1.59. The van der Waals surface area contributed by atoms with Gasteiger partial charge in [0, 0.05) is 13.6 Å². The number of halogens is 3. The monoisotopic (exact) mass is 226 g/mol. The molecule has 0 fully saturated rings. The lowest BCUT2D eigenvalue weighted by Crippen LogP contribution is -2.20. The molecule has 1 rings (SSSR count). The van der Waals surface area contributed by atoms with Crippen LogP contribution in [-0.4, -0.2) is 30.3 Å². The van der Waals surface area contributed by atoms with E-state index < -0.39 is 11.1 Å². The van der Waals surface area contributed by atoms with Gasteiger partial charge in [-0.25, -0.2) is 4.98 Å². The summed E-state index contributed by atoms with van der Waals surface area (Å²) in [6.45, 7) is 0.155. The van der Waals surface area contributed by atoms with Gasteiger partial charge in [0.25, 0.3) is 0 Å². The average Bonchev–Trinajstić information content (AvgIpc) is 2.51. The minimum atomic E-state index is -4.34. The van der Waals surface area contributed by atoms with E-state index in [1.165, 1.54) is 4.90 Å². The smallest absolute Gasteiger partial charge is 0.395 e. The molecule has 14 heavy (non-hydrogen) atoms. The van der Waals surface area contributed by atoms with Gasteiger partial charge in [-0.05, 0) is 0 Å². The highest BCUT2D eigenvalue weighted by molar-refractivity contribution is 7.15. The van der Waals surface area contributed by atoms with Crippen LogP contribution < -0.4 is 4.90 Å². The number of anilines is 1. The van der Waals surface area contributed by atoms with Gasteiger partial charge in [-0.15, -0.1) is 0 Å². The van der Waals surface area contributed by atoms with E-state index in [4.69, 9.17) is 5.11 Å². The molecule has 0 radical (unpaired) electrons. The number of alkyl halides is 3. The zero-order chi connectivity index (χ0) is 10.8. The highest BCUT2D eigenvalue weighted by Gasteiger charge is 2.33. The van der Waals surface area contributed by atoms with Crippen molar-refractivity contribution in [3.8, 4) is 0 Å². The first-order valence-electron chi connectivity index (χ1n) is 3.80. The third-order valence-electron chi connectivity index (χ3n) is 1.53. The van der Waals surface area contributed by atoms with Crippen molar-refractivity contribution in [2.75, 3.05) is 25.1 Å². The Morgan fingerprint density at radius 1 is 1.57 bits per heavy atom. The summed E-state index contributed by atoms with van der Waals surface area (Å²) in [6.07, 6.45) is -3.54. The normalized spacial score (nSPS) is 11.8. The van der Waals surface area contributed by atoms with E-state index >= 15 is 0 Å². The Bertz CT molecular complexity index is 299. The third-order valence-corrected chi connectivity index (χ3v) is 2.69. The molecular formula is C7H9F3N2OS. The minimum Gasteiger partial charge on any atom is -0.395 e. The molecule has 1 heterocycles. The van der Waals surface area contributed by atoms with Crippen molar-refractivity contribution in [3.63, 3.8) is 0 Å². The maximum atomic E-state index is 12.2. The van der Waals surface area contributed by atoms with Gasteiger partial charge in [0.05, 0.1) is 12.8 Å². The summed E-state index contributed by atoms with van der Waals surface area (Å²) in [6, 6.07) is 0. The number of aliphatic hydroxyl groups is 1. The molecule has 0 atom stereocenters. The summed E-state index contributed by atoms with van der Waals surface area (Å²) in [7, 11) is 1.58. The highest BCUT2D eigenvalue weighted by atomic mass is 32.1. The lowest BCUT2D eigenvalue weighted by atomic mass is 10.5. The molecule has 0 amide bonds. The fourth-order valence-electron chi connectivity index (χ4n) is 0.818. The standard InChI is InChI=1S/C7H9F3N2OS/c1-12(2-3-13)6-11-4-5(14-6)7(8,9)10/h4,13H,2-3H2,1H3. The number of rotatable bonds is 3. The van der Waals surface area contributed by atoms with Gasteiger partial charge in [0.15, 0.2) is 5.13 Å². The molecule has 0 unspecified atom stereocenters. The van der Waals surface area contributed by atoms with Crippen LogP contribution in [0.5, 0.6) is 0 Å². The first kappa shape index (κ1) is 11.3. The Hall–Kier alpha value is -0.820. The second-order valence-corrected chi connectivity index (χ2v) is 3.66. The number of aliphatic hydroxyl groups excluding tert-OH is 1. The molecule has 0 aliphatic carbocycles. The molecule has 1 aromatic rings. The maximum Gasteiger partial charge on any atom is 0.427 e. The van der Waals surface area contributed by atoms with E-state index in [-0.39, 0.29) is 18.3 Å². The fraction of sp³-hybridized carbons (Fsp3) is 0.571. The van der Waals surface area contributed by atoms with Crippen molar-refractivity contribution in [1.82, 2.24) is 4.98 Å². The van der Waals surface area contributed by atoms with Crippen LogP contribution in [0.25, 0.3) is 0 Å². The Morgan fingerprint density at radius 2 is 2.21 bits per heavy atom. The van der Waals surface area contributed by atoms with Crippen molar-refractivity contribution >= 4 is 16.5 Å². The molecule has 0 saturated carbocycles. The second kappa shape index (κ2) is 4.14. The molecule has 0 aromatic carbocycles. The number of hydrogen-bond donors (Lipinski definition) is 1. The molecule has 7 heteroatoms. The van der Waals surface area contributed by atoms with Crippen molar-refractivity contribution < 1.29 is 18.3 Å². The molecule has 1 aromatic heterocycles. The van der Waals surface area contributed by atoms with E-state index in [1.54, 1.807) is 7.05 Å². The average molecular weight is 226 g/mol. The van der Waals surface area contributed by atoms with Gasteiger partial charge in [-0.2, -0.15) is 13.2 Å². The number of thiazole rings is 1. The van der Waals surface area contributed by atoms with Crippen molar-refractivity contribution in [2.24, 2.45) is 0 Å². The zero-order valence-electron chi connectivity index (χ0n) is 7.38. The lowest BCUT2D eigenvalue weighted by molar-refractivity contribution is -0.134. The molecule has 0 aliphatic rings. The van der Waals surface area contributed by atoms with Crippen LogP contribution in [0.1, 0.15) is 4.88 Å². The predicted octanol–water partition coefficient (Wildman–Crippen LogP) is 1.59. The molecule has 0 spiro atoms. The van der Waals surface area contributed by atoms with Crippen LogP contribution in [0.4, 0.5) is 18.3 Å². The van der Waals surface area contributed by atoms with Crippen LogP contribution in [0.15, 0.2) is 6.20 Å². The number of hydrogen-bond acceptors (Lipinski definition) is 4. The van der Waals surface area contributed by atoms with Gasteiger partial charge in [0.1, 0.15) is 4.88 Å². The van der Waals surface area contributed by atoms with E-state index in [0.29, 0.717) is 11.3 Å². The first-order valence-corrected chi connectivity index (χ1v) is 4.62. The van der Waals surface area contributed by atoms with Crippen LogP contribution >= 0.6 is 11.3 Å². The number of nitrogens with zero attached hydrogens (tertiary/aromatic N) is 2. The second-order valence-electron chi connectivity index (χ2n) is 2.65. The topological polar surface area (TPSA) is 36.4 Å². The van der Waals surface area contributed by atoms with Gasteiger partial charge in [-0.1, -0.05) is 11.3 Å². The van der Waals surface area contributed by atoms with Crippen molar-refractivity contribution in [3.05, 3.63) is 11.1 Å². The summed E-state index contributed by atoms with van der Waals surface area (Å²) >= 11 is 0.567. The molecule has 80 valence electrons. The van der Waals surface area contributed by atoms with E-state index in [9.17, 15) is 13.2 Å². The van der Waals surface area contributed by atoms with Crippen LogP contribution in [0.2, 0.25) is 0 Å². The lowest BCUT2D eigenvalue weighted by Gasteiger charge is -2.12. The summed E-state index contributed by atoms with van der Waals surface area (Å²) in [5.74, 6) is 0. The predicted molar refractivity (Wildman–Crippen MR) is 47.5 cm³/mol. The van der Waals surface area contributed by atoms with Gasteiger partial charge in [-0.3, -0.25) is 0 Å². The van der Waals surface area contributed by atoms with Crippen LogP contribution in [0.3, 0.4) is 0 Å². The van der Waals surface area contributed by atoms with Gasteiger partial charge in [0.2, 0.25) is 0 Å². The van der Waals surface area contributed by atoms with Gasteiger partial charge < -0.3 is 10.0 Å². The van der Waals surface area contributed by atoms with Crippen LogP contribution in [-0.2, 0) is 6.18 Å². The van der Waals surface area contributed by atoms with Crippen LogP contribution in [0, 0.1) is 0 Å². The summed E-state index contributed by atoms with van der Waals surface area (Å²) in [5, 5.41) is 8.83. The minimum absolute atomic E-state index is 0.114. The molecule has 0 saturated heterocycles. The molecule has 0 aliphatic heterocycles. The Labute approximate surface area is 82.8 Å². The van der Waals surface area contributed by atoms with Crippen molar-refractivity contribution in [2.45, 2.75) is 6.18 Å². The highest BCUT2D eigenvalue weighted by Crippen LogP contribution is 2.35. The molecule has 1 N–H and O–H groups in total. The molecule has 0 bridgehead atoms. The van der Waals surface area contributed by atoms with E-state index in [0.717, 1.165) is 6.20 Å². The molecular weight excluding hydrogens is 217 g/mol. The Kier molecular flexibility index (Phi) is 3.33. The molecule has 3 nitrogen and oxygen atoms in total. The summed E-state index contributed by atoms with van der Waals surface area (Å²) < 4.78 is 36.5. The first-order chi connectivity index (χ1) is 6.45.